The van der Waals surface area contributed by atoms with Crippen LogP contribution in [0.1, 0.15) is 44.1 Å². The molecular weight excluding hydrogens is 246 g/mol. The average Bonchev–Trinajstić information content (AvgIpc) is 2.82. The normalized spacial score (nSPS) is 42.5. The Morgan fingerprint density at radius 1 is 1.15 bits per heavy atom. The Hall–Kier alpha value is -1.35. The maximum absolute atomic E-state index is 6.72. The number of nitrogens with zero attached hydrogens (tertiary/aromatic N) is 1. The fourth-order valence-electron chi connectivity index (χ4n) is 5.94. The third-order valence-electron chi connectivity index (χ3n) is 6.14. The third-order valence-corrected chi connectivity index (χ3v) is 6.14. The van der Waals surface area contributed by atoms with Crippen LogP contribution < -0.4 is 5.73 Å². The van der Waals surface area contributed by atoms with E-state index in [2.05, 4.69) is 28.2 Å². The first-order valence-corrected chi connectivity index (χ1v) is 7.87. The van der Waals surface area contributed by atoms with E-state index in [1.807, 2.05) is 0 Å². The second kappa shape index (κ2) is 3.45. The molecule has 0 aliphatic heterocycles. The fraction of sp³-hybridized carbons (Fsp3) is 0.588. The van der Waals surface area contributed by atoms with Crippen molar-refractivity contribution < 1.29 is 0 Å². The van der Waals surface area contributed by atoms with Gasteiger partial charge >= 0.3 is 0 Å². The summed E-state index contributed by atoms with van der Waals surface area (Å²) >= 11 is 0. The summed E-state index contributed by atoms with van der Waals surface area (Å²) in [6.45, 7) is 0. The lowest BCUT2D eigenvalue weighted by Crippen LogP contribution is -2.61. The number of aromatic amines is 1. The van der Waals surface area contributed by atoms with Gasteiger partial charge in [0.2, 0.25) is 0 Å². The van der Waals surface area contributed by atoms with E-state index in [-0.39, 0.29) is 5.54 Å². The van der Waals surface area contributed by atoms with Crippen LogP contribution in [0.3, 0.4) is 0 Å². The molecule has 4 bridgehead atoms. The minimum atomic E-state index is 0.118. The summed E-state index contributed by atoms with van der Waals surface area (Å²) in [6, 6.07) is 6.81. The number of nitrogens with two attached hydrogens (primary N) is 1. The van der Waals surface area contributed by atoms with Gasteiger partial charge < -0.3 is 10.7 Å². The molecule has 1 heterocycles. The van der Waals surface area contributed by atoms with Gasteiger partial charge in [-0.1, -0.05) is 6.07 Å². The molecule has 0 amide bonds. The van der Waals surface area contributed by atoms with Crippen molar-refractivity contribution in [3.63, 3.8) is 0 Å². The minimum absolute atomic E-state index is 0.118. The summed E-state index contributed by atoms with van der Waals surface area (Å²) in [4.78, 5) is 7.60. The van der Waals surface area contributed by atoms with Crippen LogP contribution in [0.4, 0.5) is 0 Å². The average molecular weight is 267 g/mol. The lowest BCUT2D eigenvalue weighted by molar-refractivity contribution is -0.0226. The van der Waals surface area contributed by atoms with E-state index in [9.17, 15) is 0 Å². The van der Waals surface area contributed by atoms with E-state index in [1.54, 1.807) is 6.33 Å². The van der Waals surface area contributed by atoms with Crippen molar-refractivity contribution in [2.24, 2.45) is 17.6 Å². The highest BCUT2D eigenvalue weighted by molar-refractivity contribution is 5.75. The van der Waals surface area contributed by atoms with E-state index < -0.39 is 0 Å². The summed E-state index contributed by atoms with van der Waals surface area (Å²) in [6.07, 6.45) is 9.62. The van der Waals surface area contributed by atoms with Gasteiger partial charge in [0.1, 0.15) is 0 Å². The van der Waals surface area contributed by atoms with Crippen LogP contribution in [0.2, 0.25) is 0 Å². The Balaban J connectivity index is 1.65. The summed E-state index contributed by atoms with van der Waals surface area (Å²) in [5.41, 5.74) is 10.9. The molecule has 3 nitrogen and oxygen atoms in total. The summed E-state index contributed by atoms with van der Waals surface area (Å²) in [5.74, 6) is 1.72. The van der Waals surface area contributed by atoms with Crippen LogP contribution >= 0.6 is 0 Å². The highest BCUT2D eigenvalue weighted by Gasteiger charge is 2.56. The number of hydrogen-bond donors (Lipinski definition) is 2. The quantitative estimate of drug-likeness (QED) is 0.834. The zero-order valence-electron chi connectivity index (χ0n) is 11.7. The molecule has 3 heteroatoms. The van der Waals surface area contributed by atoms with Gasteiger partial charge in [-0.25, -0.2) is 4.98 Å². The zero-order chi connectivity index (χ0) is 13.4. The SMILES string of the molecule is NC12CC3CC(C1)CC(c1ccc4nc[nH]c4c1)(C3)C2. The van der Waals surface area contributed by atoms with Crippen molar-refractivity contribution in [1.82, 2.24) is 9.97 Å². The first-order chi connectivity index (χ1) is 9.64. The topological polar surface area (TPSA) is 54.7 Å². The molecule has 1 aromatic carbocycles. The van der Waals surface area contributed by atoms with E-state index in [0.29, 0.717) is 5.41 Å². The number of H-pyrrole nitrogens is 1. The molecule has 1 aromatic heterocycles. The van der Waals surface area contributed by atoms with Gasteiger partial charge in [0.05, 0.1) is 17.4 Å². The Labute approximate surface area is 119 Å². The van der Waals surface area contributed by atoms with Gasteiger partial charge in [-0.05, 0) is 73.5 Å². The van der Waals surface area contributed by atoms with Crippen LogP contribution in [0.25, 0.3) is 11.0 Å². The smallest absolute Gasteiger partial charge is 0.0931 e. The van der Waals surface area contributed by atoms with Gasteiger partial charge in [-0.2, -0.15) is 0 Å². The number of hydrogen-bond acceptors (Lipinski definition) is 2. The molecule has 2 aromatic rings. The lowest BCUT2D eigenvalue weighted by atomic mass is 9.45. The monoisotopic (exact) mass is 267 g/mol. The largest absolute Gasteiger partial charge is 0.345 e. The van der Waals surface area contributed by atoms with E-state index in [4.69, 9.17) is 5.73 Å². The molecule has 4 aliphatic rings. The lowest BCUT2D eigenvalue weighted by Gasteiger charge is -2.61. The van der Waals surface area contributed by atoms with Gasteiger partial charge in [0, 0.05) is 5.54 Å². The Bertz CT molecular complexity index is 672. The third kappa shape index (κ3) is 1.42. The summed E-state index contributed by atoms with van der Waals surface area (Å²) < 4.78 is 0. The number of benzene rings is 1. The van der Waals surface area contributed by atoms with Crippen LogP contribution in [-0.4, -0.2) is 15.5 Å². The van der Waals surface area contributed by atoms with Crippen molar-refractivity contribution >= 4 is 11.0 Å². The second-order valence-corrected chi connectivity index (χ2v) is 7.74. The molecule has 0 spiro atoms. The molecule has 20 heavy (non-hydrogen) atoms. The zero-order valence-corrected chi connectivity index (χ0v) is 11.7. The van der Waals surface area contributed by atoms with Crippen molar-refractivity contribution in [1.29, 1.82) is 0 Å². The first kappa shape index (κ1) is 11.3. The van der Waals surface area contributed by atoms with Gasteiger partial charge in [0.25, 0.3) is 0 Å². The van der Waals surface area contributed by atoms with Gasteiger partial charge in [0.15, 0.2) is 0 Å². The number of rotatable bonds is 1. The Morgan fingerprint density at radius 3 is 2.70 bits per heavy atom. The molecule has 104 valence electrons. The van der Waals surface area contributed by atoms with Crippen molar-refractivity contribution in [3.8, 4) is 0 Å². The highest BCUT2D eigenvalue weighted by Crippen LogP contribution is 2.61. The number of aromatic nitrogens is 2. The van der Waals surface area contributed by atoms with Gasteiger partial charge in [-0.15, -0.1) is 0 Å². The Morgan fingerprint density at radius 2 is 1.95 bits per heavy atom. The molecule has 4 saturated carbocycles. The molecule has 0 radical (unpaired) electrons. The molecule has 4 fully saturated rings. The maximum Gasteiger partial charge on any atom is 0.0931 e. The first-order valence-electron chi connectivity index (χ1n) is 7.87. The van der Waals surface area contributed by atoms with E-state index in [0.717, 1.165) is 17.4 Å². The molecule has 6 rings (SSSR count). The van der Waals surface area contributed by atoms with Crippen LogP contribution in [-0.2, 0) is 5.41 Å². The number of imidazole rings is 1. The second-order valence-electron chi connectivity index (χ2n) is 7.74. The summed E-state index contributed by atoms with van der Waals surface area (Å²) in [5, 5.41) is 0. The molecule has 0 saturated heterocycles. The standard InChI is InChI=1S/C17H21N3/c18-17-7-11-3-12(8-17)6-16(5-11,9-17)13-1-2-14-15(4-13)20-10-19-14/h1-2,4,10-12H,3,5-9,18H2,(H,19,20). The van der Waals surface area contributed by atoms with Gasteiger partial charge in [-0.3, -0.25) is 0 Å². The number of nitrogens with one attached hydrogen (secondary N) is 1. The molecule has 3 N–H and O–H groups in total. The molecule has 4 aliphatic carbocycles. The fourth-order valence-corrected chi connectivity index (χ4v) is 5.94. The molecule has 2 unspecified atom stereocenters. The van der Waals surface area contributed by atoms with Crippen LogP contribution in [0.5, 0.6) is 0 Å². The van der Waals surface area contributed by atoms with Crippen LogP contribution in [0.15, 0.2) is 24.5 Å². The van der Waals surface area contributed by atoms with E-state index >= 15 is 0 Å². The number of fused-ring (bicyclic) bond motifs is 1. The molecular formula is C17H21N3. The van der Waals surface area contributed by atoms with Crippen molar-refractivity contribution in [2.45, 2.75) is 49.5 Å². The molecule has 2 atom stereocenters. The van der Waals surface area contributed by atoms with Crippen molar-refractivity contribution in [2.75, 3.05) is 0 Å². The highest BCUT2D eigenvalue weighted by atomic mass is 14.9. The Kier molecular flexibility index (Phi) is 1.95. The summed E-state index contributed by atoms with van der Waals surface area (Å²) in [7, 11) is 0. The minimum Gasteiger partial charge on any atom is -0.345 e. The van der Waals surface area contributed by atoms with Crippen LogP contribution in [0, 0.1) is 11.8 Å². The predicted molar refractivity (Wildman–Crippen MR) is 79.4 cm³/mol. The van der Waals surface area contributed by atoms with E-state index in [1.165, 1.54) is 49.6 Å². The predicted octanol–water partition coefficient (Wildman–Crippen LogP) is 3.11. The maximum atomic E-state index is 6.72. The van der Waals surface area contributed by atoms with Crippen molar-refractivity contribution in [3.05, 3.63) is 30.1 Å².